The van der Waals surface area contributed by atoms with E-state index in [9.17, 15) is 4.79 Å². The van der Waals surface area contributed by atoms with Crippen molar-refractivity contribution in [3.8, 4) is 5.75 Å². The first-order valence-corrected chi connectivity index (χ1v) is 6.22. The lowest BCUT2D eigenvalue weighted by molar-refractivity contribution is -0.122. The zero-order chi connectivity index (χ0) is 13.5. The Hall–Kier alpha value is -2.36. The molecule has 0 saturated heterocycles. The van der Waals surface area contributed by atoms with Crippen molar-refractivity contribution in [2.24, 2.45) is 0 Å². The van der Waals surface area contributed by atoms with Gasteiger partial charge in [-0.2, -0.15) is 0 Å². The van der Waals surface area contributed by atoms with Crippen molar-refractivity contribution >= 4 is 11.6 Å². The molecule has 1 N–H and O–H groups in total. The van der Waals surface area contributed by atoms with E-state index in [1.54, 1.807) is 24.5 Å². The summed E-state index contributed by atoms with van der Waals surface area (Å²) in [6.07, 6.45) is 3.37. The summed E-state index contributed by atoms with van der Waals surface area (Å²) >= 11 is 0. The summed E-state index contributed by atoms with van der Waals surface area (Å²) in [5, 5.41) is 2.81. The van der Waals surface area contributed by atoms with Crippen LogP contribution in [0.2, 0.25) is 0 Å². The van der Waals surface area contributed by atoms with Crippen LogP contribution in [0.25, 0.3) is 0 Å². The standard InChI is InChI=1S/C15H16N2O2/c1-2-14(19-13-6-4-3-5-7-13)15(18)17-12-8-10-16-11-9-12/h3-11,14H,2H2,1H3,(H,16,17,18)/t14-/m1/s1. The number of pyridine rings is 1. The highest BCUT2D eigenvalue weighted by molar-refractivity contribution is 5.94. The van der Waals surface area contributed by atoms with E-state index < -0.39 is 6.10 Å². The Labute approximate surface area is 112 Å². The van der Waals surface area contributed by atoms with Gasteiger partial charge in [-0.1, -0.05) is 25.1 Å². The summed E-state index contributed by atoms with van der Waals surface area (Å²) in [6, 6.07) is 12.8. The second kappa shape index (κ2) is 6.54. The number of carbonyl (C=O) groups excluding carboxylic acids is 1. The predicted molar refractivity (Wildman–Crippen MR) is 74.0 cm³/mol. The number of para-hydroxylation sites is 1. The molecule has 0 fully saturated rings. The van der Waals surface area contributed by atoms with Crippen LogP contribution in [0.5, 0.6) is 5.75 Å². The molecule has 0 aliphatic heterocycles. The van der Waals surface area contributed by atoms with Crippen LogP contribution in [0.4, 0.5) is 5.69 Å². The fraction of sp³-hybridized carbons (Fsp3) is 0.200. The van der Waals surface area contributed by atoms with Gasteiger partial charge in [0.1, 0.15) is 5.75 Å². The first-order chi connectivity index (χ1) is 9.29. The number of hydrogen-bond donors (Lipinski definition) is 1. The van der Waals surface area contributed by atoms with Gasteiger partial charge in [-0.25, -0.2) is 0 Å². The second-order valence-corrected chi connectivity index (χ2v) is 4.05. The molecule has 2 rings (SSSR count). The Bertz CT molecular complexity index is 514. The molecule has 1 heterocycles. The molecule has 98 valence electrons. The largest absolute Gasteiger partial charge is 0.481 e. The van der Waals surface area contributed by atoms with Gasteiger partial charge in [0.15, 0.2) is 6.10 Å². The van der Waals surface area contributed by atoms with Crippen LogP contribution < -0.4 is 10.1 Å². The van der Waals surface area contributed by atoms with Gasteiger partial charge < -0.3 is 10.1 Å². The van der Waals surface area contributed by atoms with Crippen LogP contribution in [-0.4, -0.2) is 17.0 Å². The minimum atomic E-state index is -0.504. The third-order valence-corrected chi connectivity index (χ3v) is 2.63. The smallest absolute Gasteiger partial charge is 0.265 e. The van der Waals surface area contributed by atoms with Crippen LogP contribution in [0, 0.1) is 0 Å². The number of rotatable bonds is 5. The first-order valence-electron chi connectivity index (χ1n) is 6.22. The number of ether oxygens (including phenoxy) is 1. The average molecular weight is 256 g/mol. The molecular weight excluding hydrogens is 240 g/mol. The summed E-state index contributed by atoms with van der Waals surface area (Å²) in [5.41, 5.74) is 0.718. The minimum absolute atomic E-state index is 0.155. The second-order valence-electron chi connectivity index (χ2n) is 4.05. The Morgan fingerprint density at radius 1 is 1.21 bits per heavy atom. The molecule has 0 radical (unpaired) electrons. The van der Waals surface area contributed by atoms with Gasteiger partial charge in [0, 0.05) is 18.1 Å². The summed E-state index contributed by atoms with van der Waals surface area (Å²) < 4.78 is 5.67. The van der Waals surface area contributed by atoms with E-state index in [4.69, 9.17) is 4.74 Å². The molecule has 0 bridgehead atoms. The van der Waals surface area contributed by atoms with E-state index in [1.165, 1.54) is 0 Å². The molecule has 0 spiro atoms. The van der Waals surface area contributed by atoms with Gasteiger partial charge in [-0.05, 0) is 30.7 Å². The number of benzene rings is 1. The van der Waals surface area contributed by atoms with Gasteiger partial charge in [0.2, 0.25) is 0 Å². The third-order valence-electron chi connectivity index (χ3n) is 2.63. The number of nitrogens with zero attached hydrogens (tertiary/aromatic N) is 1. The molecule has 1 atom stereocenters. The molecular formula is C15H16N2O2. The normalized spacial score (nSPS) is 11.6. The quantitative estimate of drug-likeness (QED) is 0.895. The van der Waals surface area contributed by atoms with Crippen molar-refractivity contribution in [2.75, 3.05) is 5.32 Å². The van der Waals surface area contributed by atoms with Gasteiger partial charge in [0.05, 0.1) is 0 Å². The van der Waals surface area contributed by atoms with E-state index in [2.05, 4.69) is 10.3 Å². The van der Waals surface area contributed by atoms with Gasteiger partial charge in [-0.3, -0.25) is 9.78 Å². The highest BCUT2D eigenvalue weighted by Gasteiger charge is 2.18. The van der Waals surface area contributed by atoms with Crippen molar-refractivity contribution < 1.29 is 9.53 Å². The van der Waals surface area contributed by atoms with E-state index >= 15 is 0 Å². The van der Waals surface area contributed by atoms with Crippen LogP contribution in [0.15, 0.2) is 54.9 Å². The zero-order valence-electron chi connectivity index (χ0n) is 10.7. The lowest BCUT2D eigenvalue weighted by Crippen LogP contribution is -2.32. The zero-order valence-corrected chi connectivity index (χ0v) is 10.7. The van der Waals surface area contributed by atoms with Crippen molar-refractivity contribution in [3.05, 3.63) is 54.9 Å². The number of nitrogens with one attached hydrogen (secondary N) is 1. The Balaban J connectivity index is 2.00. The summed E-state index contributed by atoms with van der Waals surface area (Å²) in [6.45, 7) is 1.92. The maximum Gasteiger partial charge on any atom is 0.265 e. The van der Waals surface area contributed by atoms with E-state index in [0.29, 0.717) is 12.2 Å². The molecule has 2 aromatic rings. The van der Waals surface area contributed by atoms with Crippen LogP contribution in [0.1, 0.15) is 13.3 Å². The van der Waals surface area contributed by atoms with Crippen molar-refractivity contribution in [3.63, 3.8) is 0 Å². The summed E-state index contributed by atoms with van der Waals surface area (Å²) in [7, 11) is 0. The molecule has 4 heteroatoms. The molecule has 0 aliphatic rings. The summed E-state index contributed by atoms with van der Waals surface area (Å²) in [4.78, 5) is 16.0. The number of aromatic nitrogens is 1. The molecule has 1 aromatic heterocycles. The number of anilines is 1. The average Bonchev–Trinajstić information content (AvgIpc) is 2.47. The van der Waals surface area contributed by atoms with Crippen molar-refractivity contribution in [1.82, 2.24) is 4.98 Å². The maximum absolute atomic E-state index is 12.1. The van der Waals surface area contributed by atoms with E-state index in [1.807, 2.05) is 37.3 Å². The van der Waals surface area contributed by atoms with Gasteiger partial charge in [-0.15, -0.1) is 0 Å². The van der Waals surface area contributed by atoms with Gasteiger partial charge in [0.25, 0.3) is 5.91 Å². The molecule has 0 unspecified atom stereocenters. The fourth-order valence-electron chi connectivity index (χ4n) is 1.64. The Morgan fingerprint density at radius 3 is 2.53 bits per heavy atom. The highest BCUT2D eigenvalue weighted by Crippen LogP contribution is 2.14. The molecule has 19 heavy (non-hydrogen) atoms. The Kier molecular flexibility index (Phi) is 4.50. The maximum atomic E-state index is 12.1. The molecule has 1 aromatic carbocycles. The van der Waals surface area contributed by atoms with Crippen LogP contribution in [-0.2, 0) is 4.79 Å². The van der Waals surface area contributed by atoms with E-state index in [0.717, 1.165) is 5.69 Å². The van der Waals surface area contributed by atoms with Crippen molar-refractivity contribution in [1.29, 1.82) is 0 Å². The molecule has 0 saturated carbocycles. The lowest BCUT2D eigenvalue weighted by atomic mass is 10.2. The molecule has 0 aliphatic carbocycles. The van der Waals surface area contributed by atoms with E-state index in [-0.39, 0.29) is 5.91 Å². The Morgan fingerprint density at radius 2 is 1.89 bits per heavy atom. The van der Waals surface area contributed by atoms with Gasteiger partial charge >= 0.3 is 0 Å². The SMILES string of the molecule is CC[C@@H](Oc1ccccc1)C(=O)Nc1ccncc1. The fourth-order valence-corrected chi connectivity index (χ4v) is 1.64. The number of hydrogen-bond acceptors (Lipinski definition) is 3. The molecule has 1 amide bonds. The first kappa shape index (κ1) is 13.1. The number of carbonyl (C=O) groups is 1. The highest BCUT2D eigenvalue weighted by atomic mass is 16.5. The van der Waals surface area contributed by atoms with Crippen LogP contribution >= 0.6 is 0 Å². The van der Waals surface area contributed by atoms with Crippen molar-refractivity contribution in [2.45, 2.75) is 19.4 Å². The van der Waals surface area contributed by atoms with Crippen LogP contribution in [0.3, 0.4) is 0 Å². The third kappa shape index (κ3) is 3.81. The topological polar surface area (TPSA) is 51.2 Å². The predicted octanol–water partition coefficient (Wildman–Crippen LogP) is 2.88. The minimum Gasteiger partial charge on any atom is -0.481 e. The summed E-state index contributed by atoms with van der Waals surface area (Å²) in [5.74, 6) is 0.539. The monoisotopic (exact) mass is 256 g/mol. The molecule has 4 nitrogen and oxygen atoms in total. The number of amides is 1. The lowest BCUT2D eigenvalue weighted by Gasteiger charge is -2.17.